The highest BCUT2D eigenvalue weighted by atomic mass is 14.7. The molecule has 0 bridgehead atoms. The van der Waals surface area contributed by atoms with Crippen molar-refractivity contribution in [1.82, 2.24) is 0 Å². The summed E-state index contributed by atoms with van der Waals surface area (Å²) in [6.45, 7) is 6.66. The summed E-state index contributed by atoms with van der Waals surface area (Å²) in [6.07, 6.45) is 14.9. The van der Waals surface area contributed by atoms with Gasteiger partial charge in [-0.05, 0) is 38.2 Å². The van der Waals surface area contributed by atoms with E-state index < -0.39 is 0 Å². The predicted octanol–water partition coefficient (Wildman–Crippen LogP) is 6.50. The Morgan fingerprint density at radius 2 is 1.35 bits per heavy atom. The SMILES string of the molecule is CCCCCCCCCCCC(Cc1ccccc1)C(C)(C)N. The van der Waals surface area contributed by atoms with Crippen LogP contribution in [0.1, 0.15) is 90.5 Å². The molecule has 0 fully saturated rings. The summed E-state index contributed by atoms with van der Waals surface area (Å²) in [5, 5.41) is 0. The maximum absolute atomic E-state index is 6.44. The zero-order chi connectivity index (χ0) is 17.0. The minimum atomic E-state index is -0.0873. The van der Waals surface area contributed by atoms with Gasteiger partial charge in [-0.25, -0.2) is 0 Å². The first-order valence-corrected chi connectivity index (χ1v) is 9.87. The van der Waals surface area contributed by atoms with Crippen molar-refractivity contribution in [2.45, 2.75) is 96.9 Å². The van der Waals surface area contributed by atoms with Gasteiger partial charge in [0.15, 0.2) is 0 Å². The molecular formula is C22H39N. The lowest BCUT2D eigenvalue weighted by atomic mass is 9.80. The summed E-state index contributed by atoms with van der Waals surface area (Å²) in [4.78, 5) is 0. The fraction of sp³-hybridized carbons (Fsp3) is 0.727. The van der Waals surface area contributed by atoms with E-state index >= 15 is 0 Å². The highest BCUT2D eigenvalue weighted by Crippen LogP contribution is 2.25. The van der Waals surface area contributed by atoms with E-state index in [-0.39, 0.29) is 5.54 Å². The Hall–Kier alpha value is -0.820. The lowest BCUT2D eigenvalue weighted by molar-refractivity contribution is 0.290. The molecule has 0 saturated carbocycles. The molecule has 0 radical (unpaired) electrons. The maximum atomic E-state index is 6.44. The monoisotopic (exact) mass is 317 g/mol. The van der Waals surface area contributed by atoms with E-state index in [1.54, 1.807) is 0 Å². The van der Waals surface area contributed by atoms with E-state index in [0.29, 0.717) is 5.92 Å². The number of benzene rings is 1. The summed E-state index contributed by atoms with van der Waals surface area (Å²) in [7, 11) is 0. The fourth-order valence-electron chi connectivity index (χ4n) is 3.34. The minimum Gasteiger partial charge on any atom is -0.325 e. The quantitative estimate of drug-likeness (QED) is 0.413. The Bertz CT molecular complexity index is 377. The topological polar surface area (TPSA) is 26.0 Å². The molecule has 1 unspecified atom stereocenters. The van der Waals surface area contributed by atoms with Crippen LogP contribution in [0, 0.1) is 5.92 Å². The third-order valence-corrected chi connectivity index (χ3v) is 5.03. The number of hydrogen-bond donors (Lipinski definition) is 1. The normalized spacial score (nSPS) is 13.2. The molecule has 1 atom stereocenters. The molecule has 0 aromatic heterocycles. The molecule has 23 heavy (non-hydrogen) atoms. The van der Waals surface area contributed by atoms with E-state index in [1.165, 1.54) is 69.8 Å². The van der Waals surface area contributed by atoms with Crippen molar-refractivity contribution in [3.05, 3.63) is 35.9 Å². The summed E-state index contributed by atoms with van der Waals surface area (Å²) >= 11 is 0. The highest BCUT2D eigenvalue weighted by Gasteiger charge is 2.24. The van der Waals surface area contributed by atoms with Gasteiger partial charge < -0.3 is 5.73 Å². The second-order valence-electron chi connectivity index (χ2n) is 7.83. The van der Waals surface area contributed by atoms with Gasteiger partial charge in [-0.15, -0.1) is 0 Å². The van der Waals surface area contributed by atoms with Gasteiger partial charge in [-0.3, -0.25) is 0 Å². The molecule has 132 valence electrons. The van der Waals surface area contributed by atoms with Gasteiger partial charge in [0.2, 0.25) is 0 Å². The molecule has 1 aromatic rings. The molecule has 0 aliphatic carbocycles. The van der Waals surface area contributed by atoms with Crippen molar-refractivity contribution in [3.8, 4) is 0 Å². The molecule has 2 N–H and O–H groups in total. The van der Waals surface area contributed by atoms with Gasteiger partial charge in [-0.2, -0.15) is 0 Å². The number of hydrogen-bond acceptors (Lipinski definition) is 1. The van der Waals surface area contributed by atoms with Crippen LogP contribution < -0.4 is 5.73 Å². The van der Waals surface area contributed by atoms with Crippen LogP contribution >= 0.6 is 0 Å². The van der Waals surface area contributed by atoms with Crippen LogP contribution in [0.4, 0.5) is 0 Å². The van der Waals surface area contributed by atoms with Gasteiger partial charge >= 0.3 is 0 Å². The minimum absolute atomic E-state index is 0.0873. The maximum Gasteiger partial charge on any atom is 0.0129 e. The van der Waals surface area contributed by atoms with Crippen molar-refractivity contribution < 1.29 is 0 Å². The van der Waals surface area contributed by atoms with E-state index in [9.17, 15) is 0 Å². The van der Waals surface area contributed by atoms with Gasteiger partial charge in [0, 0.05) is 5.54 Å². The van der Waals surface area contributed by atoms with Gasteiger partial charge in [-0.1, -0.05) is 95.0 Å². The van der Waals surface area contributed by atoms with Crippen LogP contribution in [0.15, 0.2) is 30.3 Å². The number of rotatable bonds is 13. The zero-order valence-corrected chi connectivity index (χ0v) is 15.8. The standard InChI is InChI=1S/C22H39N/c1-4-5-6-7-8-9-10-11-15-18-21(22(2,3)23)19-20-16-13-12-14-17-20/h12-14,16-17,21H,4-11,15,18-19,23H2,1-3H3. The highest BCUT2D eigenvalue weighted by molar-refractivity contribution is 5.16. The Morgan fingerprint density at radius 3 is 1.87 bits per heavy atom. The van der Waals surface area contributed by atoms with E-state index in [4.69, 9.17) is 5.73 Å². The van der Waals surface area contributed by atoms with Gasteiger partial charge in [0.1, 0.15) is 0 Å². The molecule has 1 aromatic carbocycles. The lowest BCUT2D eigenvalue weighted by Gasteiger charge is -2.31. The number of unbranched alkanes of at least 4 members (excludes halogenated alkanes) is 8. The molecular weight excluding hydrogens is 278 g/mol. The van der Waals surface area contributed by atoms with Crippen LogP contribution in [0.3, 0.4) is 0 Å². The molecule has 1 rings (SSSR count). The molecule has 1 nitrogen and oxygen atoms in total. The molecule has 0 amide bonds. The van der Waals surface area contributed by atoms with Crippen LogP contribution in [0.25, 0.3) is 0 Å². The Balaban J connectivity index is 2.20. The van der Waals surface area contributed by atoms with Crippen LogP contribution in [-0.4, -0.2) is 5.54 Å². The average Bonchev–Trinajstić information content (AvgIpc) is 2.52. The van der Waals surface area contributed by atoms with Gasteiger partial charge in [0.25, 0.3) is 0 Å². The number of nitrogens with two attached hydrogens (primary N) is 1. The van der Waals surface area contributed by atoms with Crippen LogP contribution in [0.5, 0.6) is 0 Å². The first-order chi connectivity index (χ1) is 11.0. The second kappa shape index (κ2) is 11.7. The zero-order valence-electron chi connectivity index (χ0n) is 15.8. The van der Waals surface area contributed by atoms with Crippen molar-refractivity contribution in [2.75, 3.05) is 0 Å². The first-order valence-electron chi connectivity index (χ1n) is 9.87. The van der Waals surface area contributed by atoms with Crippen LogP contribution in [0.2, 0.25) is 0 Å². The van der Waals surface area contributed by atoms with Gasteiger partial charge in [0.05, 0.1) is 0 Å². The largest absolute Gasteiger partial charge is 0.325 e. The Labute approximate surface area is 145 Å². The van der Waals surface area contributed by atoms with Crippen molar-refractivity contribution >= 4 is 0 Å². The van der Waals surface area contributed by atoms with E-state index in [2.05, 4.69) is 51.1 Å². The summed E-state index contributed by atoms with van der Waals surface area (Å²) in [5.41, 5.74) is 7.77. The molecule has 0 heterocycles. The Morgan fingerprint density at radius 1 is 0.826 bits per heavy atom. The summed E-state index contributed by atoms with van der Waals surface area (Å²) < 4.78 is 0. The van der Waals surface area contributed by atoms with E-state index in [1.807, 2.05) is 0 Å². The fourth-order valence-corrected chi connectivity index (χ4v) is 3.34. The van der Waals surface area contributed by atoms with Crippen molar-refractivity contribution in [1.29, 1.82) is 0 Å². The average molecular weight is 318 g/mol. The molecule has 0 aliphatic heterocycles. The molecule has 0 aliphatic rings. The third-order valence-electron chi connectivity index (χ3n) is 5.03. The molecule has 0 spiro atoms. The first kappa shape index (κ1) is 20.2. The molecule has 1 heteroatoms. The summed E-state index contributed by atoms with van der Waals surface area (Å²) in [6, 6.07) is 10.8. The van der Waals surface area contributed by atoms with E-state index in [0.717, 1.165) is 6.42 Å². The third kappa shape index (κ3) is 9.81. The van der Waals surface area contributed by atoms with Crippen molar-refractivity contribution in [3.63, 3.8) is 0 Å². The Kier molecular flexibility index (Phi) is 10.3. The summed E-state index contributed by atoms with van der Waals surface area (Å²) in [5.74, 6) is 0.578. The predicted molar refractivity (Wildman–Crippen MR) is 104 cm³/mol. The van der Waals surface area contributed by atoms with Crippen LogP contribution in [-0.2, 0) is 6.42 Å². The lowest BCUT2D eigenvalue weighted by Crippen LogP contribution is -2.42. The molecule has 0 saturated heterocycles. The smallest absolute Gasteiger partial charge is 0.0129 e. The van der Waals surface area contributed by atoms with Crippen molar-refractivity contribution in [2.24, 2.45) is 11.7 Å². The second-order valence-corrected chi connectivity index (χ2v) is 7.83.